The largest absolute Gasteiger partial charge is 0.352 e. The SMILES string of the molecule is CCCc1ccc(C(C)NCC2CCC(=O)N2)cc1. The Morgan fingerprint density at radius 2 is 2.11 bits per heavy atom. The van der Waals surface area contributed by atoms with Gasteiger partial charge in [0.1, 0.15) is 0 Å². The van der Waals surface area contributed by atoms with Crippen LogP contribution in [0.3, 0.4) is 0 Å². The third-order valence-electron chi connectivity index (χ3n) is 3.77. The standard InChI is InChI=1S/C16H24N2O/c1-3-4-13-5-7-14(8-6-13)12(2)17-11-15-9-10-16(19)18-15/h5-8,12,15,17H,3-4,9-11H2,1-2H3,(H,18,19). The molecule has 1 fully saturated rings. The predicted molar refractivity (Wildman–Crippen MR) is 78.0 cm³/mol. The molecular formula is C16H24N2O. The number of benzene rings is 1. The summed E-state index contributed by atoms with van der Waals surface area (Å²) in [6.07, 6.45) is 3.96. The van der Waals surface area contributed by atoms with Crippen LogP contribution in [0.25, 0.3) is 0 Å². The number of hydrogen-bond acceptors (Lipinski definition) is 2. The van der Waals surface area contributed by atoms with Crippen molar-refractivity contribution in [3.05, 3.63) is 35.4 Å². The van der Waals surface area contributed by atoms with Crippen LogP contribution in [-0.2, 0) is 11.2 Å². The van der Waals surface area contributed by atoms with Gasteiger partial charge in [0.05, 0.1) is 0 Å². The van der Waals surface area contributed by atoms with Gasteiger partial charge in [0.2, 0.25) is 5.91 Å². The highest BCUT2D eigenvalue weighted by Gasteiger charge is 2.20. The summed E-state index contributed by atoms with van der Waals surface area (Å²) >= 11 is 0. The molecule has 1 saturated heterocycles. The summed E-state index contributed by atoms with van der Waals surface area (Å²) < 4.78 is 0. The molecule has 0 aromatic heterocycles. The van der Waals surface area contributed by atoms with Crippen molar-refractivity contribution in [2.24, 2.45) is 0 Å². The Kier molecular flexibility index (Phi) is 4.97. The van der Waals surface area contributed by atoms with Gasteiger partial charge < -0.3 is 10.6 Å². The quantitative estimate of drug-likeness (QED) is 0.825. The highest BCUT2D eigenvalue weighted by atomic mass is 16.1. The number of aryl methyl sites for hydroxylation is 1. The molecule has 3 nitrogen and oxygen atoms in total. The number of amides is 1. The fourth-order valence-corrected chi connectivity index (χ4v) is 2.53. The van der Waals surface area contributed by atoms with Gasteiger partial charge in [-0.15, -0.1) is 0 Å². The number of carbonyl (C=O) groups excluding carboxylic acids is 1. The molecule has 1 amide bonds. The Hall–Kier alpha value is -1.35. The van der Waals surface area contributed by atoms with Crippen LogP contribution in [0, 0.1) is 0 Å². The first kappa shape index (κ1) is 14.1. The van der Waals surface area contributed by atoms with E-state index in [-0.39, 0.29) is 5.91 Å². The molecule has 1 aliphatic heterocycles. The molecule has 2 N–H and O–H groups in total. The van der Waals surface area contributed by atoms with E-state index in [4.69, 9.17) is 0 Å². The van der Waals surface area contributed by atoms with Gasteiger partial charge in [-0.2, -0.15) is 0 Å². The van der Waals surface area contributed by atoms with Gasteiger partial charge in [-0.3, -0.25) is 4.79 Å². The summed E-state index contributed by atoms with van der Waals surface area (Å²) in [5, 5.41) is 6.48. The molecule has 2 atom stereocenters. The Labute approximate surface area is 115 Å². The van der Waals surface area contributed by atoms with E-state index in [0.717, 1.165) is 19.4 Å². The van der Waals surface area contributed by atoms with E-state index in [0.29, 0.717) is 18.5 Å². The smallest absolute Gasteiger partial charge is 0.220 e. The van der Waals surface area contributed by atoms with Crippen LogP contribution in [0.2, 0.25) is 0 Å². The van der Waals surface area contributed by atoms with Gasteiger partial charge in [0, 0.05) is 25.0 Å². The average molecular weight is 260 g/mol. The van der Waals surface area contributed by atoms with Gasteiger partial charge in [0.25, 0.3) is 0 Å². The lowest BCUT2D eigenvalue weighted by Gasteiger charge is -2.18. The van der Waals surface area contributed by atoms with Crippen LogP contribution in [0.15, 0.2) is 24.3 Å². The van der Waals surface area contributed by atoms with Gasteiger partial charge >= 0.3 is 0 Å². The second-order valence-corrected chi connectivity index (χ2v) is 5.42. The van der Waals surface area contributed by atoms with Crippen molar-refractivity contribution in [3.63, 3.8) is 0 Å². The first-order chi connectivity index (χ1) is 9.19. The minimum atomic E-state index is 0.184. The fourth-order valence-electron chi connectivity index (χ4n) is 2.53. The van der Waals surface area contributed by atoms with Crippen molar-refractivity contribution < 1.29 is 4.79 Å². The summed E-state index contributed by atoms with van der Waals surface area (Å²) in [4.78, 5) is 11.1. The molecule has 1 heterocycles. The van der Waals surface area contributed by atoms with Crippen LogP contribution in [-0.4, -0.2) is 18.5 Å². The van der Waals surface area contributed by atoms with E-state index in [9.17, 15) is 4.79 Å². The summed E-state index contributed by atoms with van der Waals surface area (Å²) in [6, 6.07) is 9.47. The van der Waals surface area contributed by atoms with Crippen molar-refractivity contribution in [3.8, 4) is 0 Å². The minimum Gasteiger partial charge on any atom is -0.352 e. The van der Waals surface area contributed by atoms with E-state index < -0.39 is 0 Å². The highest BCUT2D eigenvalue weighted by Crippen LogP contribution is 2.15. The fraction of sp³-hybridized carbons (Fsp3) is 0.562. The summed E-state index contributed by atoms with van der Waals surface area (Å²) in [5.74, 6) is 0.184. The van der Waals surface area contributed by atoms with Gasteiger partial charge in [-0.05, 0) is 30.9 Å². The van der Waals surface area contributed by atoms with E-state index in [2.05, 4.69) is 48.7 Å². The zero-order valence-electron chi connectivity index (χ0n) is 11.9. The van der Waals surface area contributed by atoms with E-state index in [1.807, 2.05) is 0 Å². The van der Waals surface area contributed by atoms with Gasteiger partial charge in [-0.25, -0.2) is 0 Å². The van der Waals surface area contributed by atoms with E-state index >= 15 is 0 Å². The first-order valence-electron chi connectivity index (χ1n) is 7.30. The molecule has 2 unspecified atom stereocenters. The molecule has 3 heteroatoms. The summed E-state index contributed by atoms with van der Waals surface area (Å²) in [6.45, 7) is 5.23. The molecule has 0 aliphatic carbocycles. The monoisotopic (exact) mass is 260 g/mol. The second kappa shape index (κ2) is 6.71. The lowest BCUT2D eigenvalue weighted by Crippen LogP contribution is -2.36. The molecule has 0 spiro atoms. The second-order valence-electron chi connectivity index (χ2n) is 5.42. The predicted octanol–water partition coefficient (Wildman–Crippen LogP) is 2.57. The number of nitrogens with one attached hydrogen (secondary N) is 2. The minimum absolute atomic E-state index is 0.184. The normalized spacial score (nSPS) is 20.3. The van der Waals surface area contributed by atoms with Gasteiger partial charge in [-0.1, -0.05) is 37.6 Å². The zero-order valence-corrected chi connectivity index (χ0v) is 11.9. The van der Waals surface area contributed by atoms with Crippen LogP contribution < -0.4 is 10.6 Å². The zero-order chi connectivity index (χ0) is 13.7. The molecule has 0 saturated carbocycles. The number of hydrogen-bond donors (Lipinski definition) is 2. The molecular weight excluding hydrogens is 236 g/mol. The van der Waals surface area contributed by atoms with Crippen molar-refractivity contribution in [2.45, 2.75) is 51.6 Å². The van der Waals surface area contributed by atoms with E-state index in [1.165, 1.54) is 17.5 Å². The third-order valence-corrected chi connectivity index (χ3v) is 3.77. The van der Waals surface area contributed by atoms with Crippen molar-refractivity contribution in [2.75, 3.05) is 6.54 Å². The summed E-state index contributed by atoms with van der Waals surface area (Å²) in [5.41, 5.74) is 2.71. The summed E-state index contributed by atoms with van der Waals surface area (Å²) in [7, 11) is 0. The molecule has 1 aliphatic rings. The van der Waals surface area contributed by atoms with Crippen LogP contribution in [0.1, 0.15) is 50.3 Å². The molecule has 104 valence electrons. The first-order valence-corrected chi connectivity index (χ1v) is 7.30. The lowest BCUT2D eigenvalue weighted by atomic mass is 10.0. The Morgan fingerprint density at radius 3 is 2.68 bits per heavy atom. The topological polar surface area (TPSA) is 41.1 Å². The maximum atomic E-state index is 11.1. The molecule has 19 heavy (non-hydrogen) atoms. The number of rotatable bonds is 6. The van der Waals surface area contributed by atoms with Crippen LogP contribution in [0.4, 0.5) is 0 Å². The van der Waals surface area contributed by atoms with Crippen LogP contribution >= 0.6 is 0 Å². The third kappa shape index (κ3) is 4.06. The Balaban J connectivity index is 1.82. The Bertz CT molecular complexity index is 413. The molecule has 0 radical (unpaired) electrons. The maximum absolute atomic E-state index is 11.1. The lowest BCUT2D eigenvalue weighted by molar-refractivity contribution is -0.119. The van der Waals surface area contributed by atoms with Gasteiger partial charge in [0.15, 0.2) is 0 Å². The highest BCUT2D eigenvalue weighted by molar-refractivity contribution is 5.78. The van der Waals surface area contributed by atoms with Crippen molar-refractivity contribution in [1.29, 1.82) is 0 Å². The Morgan fingerprint density at radius 1 is 1.37 bits per heavy atom. The maximum Gasteiger partial charge on any atom is 0.220 e. The molecule has 2 rings (SSSR count). The average Bonchev–Trinajstić information content (AvgIpc) is 2.83. The van der Waals surface area contributed by atoms with Crippen LogP contribution in [0.5, 0.6) is 0 Å². The molecule has 0 bridgehead atoms. The molecule has 1 aromatic rings. The van der Waals surface area contributed by atoms with Crippen molar-refractivity contribution >= 4 is 5.91 Å². The van der Waals surface area contributed by atoms with E-state index in [1.54, 1.807) is 0 Å². The number of carbonyl (C=O) groups is 1. The van der Waals surface area contributed by atoms with Crippen molar-refractivity contribution in [1.82, 2.24) is 10.6 Å². The molecule has 1 aromatic carbocycles.